The first kappa shape index (κ1) is 17.0. The molecule has 3 aromatic rings. The zero-order valence-corrected chi connectivity index (χ0v) is 16.0. The number of aromatic nitrogens is 2. The van der Waals surface area contributed by atoms with Crippen LogP contribution in [0.25, 0.3) is 21.8 Å². The quantitative estimate of drug-likeness (QED) is 0.694. The lowest BCUT2D eigenvalue weighted by atomic mass is 10.0. The number of H-pyrrole nitrogens is 1. The Morgan fingerprint density at radius 2 is 1.88 bits per heavy atom. The van der Waals surface area contributed by atoms with Gasteiger partial charge in [0.1, 0.15) is 10.7 Å². The molecule has 1 aliphatic heterocycles. The standard InChI is InChI=1S/C21H23N3OS/c1-14(2)15-5-7-16(8-6-15)20-23-19(13-26-20)17-11-18(22-12-17)21(25)24-9-3-4-10-24/h5-8,11-14,22H,3-4,9-10H2,1-2H3. The number of nitrogens with one attached hydrogen (secondary N) is 1. The van der Waals surface area contributed by atoms with Crippen molar-refractivity contribution in [3.8, 4) is 21.8 Å². The maximum absolute atomic E-state index is 12.5. The number of carbonyl (C=O) groups is 1. The summed E-state index contributed by atoms with van der Waals surface area (Å²) in [5.41, 5.74) is 5.00. The van der Waals surface area contributed by atoms with E-state index < -0.39 is 0 Å². The number of likely N-dealkylation sites (tertiary alicyclic amines) is 1. The summed E-state index contributed by atoms with van der Waals surface area (Å²) >= 11 is 1.63. The molecule has 134 valence electrons. The third-order valence-corrected chi connectivity index (χ3v) is 5.82. The van der Waals surface area contributed by atoms with Crippen molar-refractivity contribution in [1.29, 1.82) is 0 Å². The van der Waals surface area contributed by atoms with Gasteiger partial charge in [-0.3, -0.25) is 4.79 Å². The predicted molar refractivity (Wildman–Crippen MR) is 107 cm³/mol. The van der Waals surface area contributed by atoms with Gasteiger partial charge in [-0.25, -0.2) is 4.98 Å². The van der Waals surface area contributed by atoms with E-state index in [0.29, 0.717) is 11.6 Å². The molecule has 5 heteroatoms. The molecule has 4 rings (SSSR count). The Kier molecular flexibility index (Phi) is 4.64. The Balaban J connectivity index is 1.53. The topological polar surface area (TPSA) is 49.0 Å². The van der Waals surface area contributed by atoms with Crippen molar-refractivity contribution in [1.82, 2.24) is 14.9 Å². The van der Waals surface area contributed by atoms with E-state index in [4.69, 9.17) is 4.98 Å². The number of nitrogens with zero attached hydrogens (tertiary/aromatic N) is 2. The Bertz CT molecular complexity index is 901. The van der Waals surface area contributed by atoms with Gasteiger partial charge in [0.25, 0.3) is 5.91 Å². The summed E-state index contributed by atoms with van der Waals surface area (Å²) in [5, 5.41) is 3.06. The first-order chi connectivity index (χ1) is 12.6. The molecule has 0 saturated carbocycles. The lowest BCUT2D eigenvalue weighted by molar-refractivity contribution is 0.0788. The SMILES string of the molecule is CC(C)c1ccc(-c2nc(-c3c[nH]c(C(=O)N4CCCC4)c3)cs2)cc1. The summed E-state index contributed by atoms with van der Waals surface area (Å²) in [4.78, 5) is 22.3. The van der Waals surface area contributed by atoms with Crippen LogP contribution in [0.2, 0.25) is 0 Å². The van der Waals surface area contributed by atoms with Gasteiger partial charge in [-0.2, -0.15) is 0 Å². The van der Waals surface area contributed by atoms with E-state index in [1.165, 1.54) is 5.56 Å². The second kappa shape index (κ2) is 7.08. The number of carbonyl (C=O) groups excluding carboxylic acids is 1. The van der Waals surface area contributed by atoms with Crippen LogP contribution >= 0.6 is 11.3 Å². The summed E-state index contributed by atoms with van der Waals surface area (Å²) in [6, 6.07) is 10.5. The summed E-state index contributed by atoms with van der Waals surface area (Å²) in [6.07, 6.45) is 4.08. The lowest BCUT2D eigenvalue weighted by Gasteiger charge is -2.13. The van der Waals surface area contributed by atoms with Gasteiger partial charge < -0.3 is 9.88 Å². The molecule has 1 fully saturated rings. The molecule has 1 aromatic carbocycles. The highest BCUT2D eigenvalue weighted by Crippen LogP contribution is 2.30. The number of hydrogen-bond acceptors (Lipinski definition) is 3. The maximum Gasteiger partial charge on any atom is 0.270 e. The van der Waals surface area contributed by atoms with E-state index in [2.05, 4.69) is 48.5 Å². The molecular weight excluding hydrogens is 342 g/mol. The van der Waals surface area contributed by atoms with E-state index in [-0.39, 0.29) is 5.91 Å². The van der Waals surface area contributed by atoms with Gasteiger partial charge in [0.15, 0.2) is 0 Å². The molecule has 0 atom stereocenters. The number of thiazole rings is 1. The number of rotatable bonds is 4. The monoisotopic (exact) mass is 365 g/mol. The van der Waals surface area contributed by atoms with Crippen LogP contribution < -0.4 is 0 Å². The Morgan fingerprint density at radius 3 is 2.58 bits per heavy atom. The van der Waals surface area contributed by atoms with Crippen molar-refractivity contribution in [3.05, 3.63) is 53.2 Å². The minimum absolute atomic E-state index is 0.0912. The molecule has 0 unspecified atom stereocenters. The third kappa shape index (κ3) is 3.31. The van der Waals surface area contributed by atoms with Crippen LogP contribution in [0.1, 0.15) is 48.7 Å². The maximum atomic E-state index is 12.5. The molecular formula is C21H23N3OS. The molecule has 26 heavy (non-hydrogen) atoms. The Labute approximate surface area is 157 Å². The van der Waals surface area contributed by atoms with Crippen LogP contribution in [0.3, 0.4) is 0 Å². The molecule has 1 amide bonds. The molecule has 1 aliphatic rings. The largest absolute Gasteiger partial charge is 0.357 e. The second-order valence-corrected chi connectivity index (χ2v) is 7.97. The Hall–Kier alpha value is -2.40. The third-order valence-electron chi connectivity index (χ3n) is 4.93. The van der Waals surface area contributed by atoms with E-state index in [1.807, 2.05) is 17.2 Å². The van der Waals surface area contributed by atoms with Crippen molar-refractivity contribution >= 4 is 17.2 Å². The average Bonchev–Trinajstić information content (AvgIpc) is 3.42. The van der Waals surface area contributed by atoms with Gasteiger partial charge in [-0.1, -0.05) is 38.1 Å². The van der Waals surface area contributed by atoms with Gasteiger partial charge in [-0.15, -0.1) is 11.3 Å². The summed E-state index contributed by atoms with van der Waals surface area (Å²) in [7, 11) is 0. The van der Waals surface area contributed by atoms with Gasteiger partial charge in [0.2, 0.25) is 0 Å². The molecule has 3 heterocycles. The molecule has 0 radical (unpaired) electrons. The second-order valence-electron chi connectivity index (χ2n) is 7.12. The van der Waals surface area contributed by atoms with Crippen molar-refractivity contribution in [2.75, 3.05) is 13.1 Å². The Morgan fingerprint density at radius 1 is 1.15 bits per heavy atom. The fourth-order valence-corrected chi connectivity index (χ4v) is 4.14. The fourth-order valence-electron chi connectivity index (χ4n) is 3.31. The molecule has 1 N–H and O–H groups in total. The number of aromatic amines is 1. The normalized spacial score (nSPS) is 14.3. The molecule has 0 bridgehead atoms. The van der Waals surface area contributed by atoms with Gasteiger partial charge in [0.05, 0.1) is 5.69 Å². The first-order valence-electron chi connectivity index (χ1n) is 9.16. The van der Waals surface area contributed by atoms with Crippen LogP contribution in [0.15, 0.2) is 41.9 Å². The van der Waals surface area contributed by atoms with Crippen LogP contribution in [0.4, 0.5) is 0 Å². The summed E-state index contributed by atoms with van der Waals surface area (Å²) in [5.74, 6) is 0.621. The molecule has 0 spiro atoms. The number of benzene rings is 1. The molecule has 4 nitrogen and oxygen atoms in total. The highest BCUT2D eigenvalue weighted by molar-refractivity contribution is 7.13. The average molecular weight is 366 g/mol. The molecule has 2 aromatic heterocycles. The van der Waals surface area contributed by atoms with Gasteiger partial charge >= 0.3 is 0 Å². The smallest absolute Gasteiger partial charge is 0.270 e. The summed E-state index contributed by atoms with van der Waals surface area (Å²) < 4.78 is 0. The van der Waals surface area contributed by atoms with Crippen molar-refractivity contribution in [3.63, 3.8) is 0 Å². The molecule has 0 aliphatic carbocycles. The molecule has 1 saturated heterocycles. The van der Waals surface area contributed by atoms with Crippen molar-refractivity contribution in [2.24, 2.45) is 0 Å². The minimum atomic E-state index is 0.0912. The van der Waals surface area contributed by atoms with Crippen LogP contribution in [-0.4, -0.2) is 33.9 Å². The zero-order chi connectivity index (χ0) is 18.1. The number of amides is 1. The van der Waals surface area contributed by atoms with Gasteiger partial charge in [-0.05, 0) is 30.4 Å². The van der Waals surface area contributed by atoms with Gasteiger partial charge in [0, 0.05) is 35.8 Å². The van der Waals surface area contributed by atoms with E-state index in [0.717, 1.165) is 47.8 Å². The van der Waals surface area contributed by atoms with Crippen molar-refractivity contribution < 1.29 is 4.79 Å². The van der Waals surface area contributed by atoms with Crippen LogP contribution in [-0.2, 0) is 0 Å². The fraction of sp³-hybridized carbons (Fsp3) is 0.333. The van der Waals surface area contributed by atoms with E-state index in [9.17, 15) is 4.79 Å². The lowest BCUT2D eigenvalue weighted by Crippen LogP contribution is -2.27. The van der Waals surface area contributed by atoms with Crippen LogP contribution in [0, 0.1) is 0 Å². The predicted octanol–water partition coefficient (Wildman–Crippen LogP) is 5.16. The van der Waals surface area contributed by atoms with Crippen molar-refractivity contribution in [2.45, 2.75) is 32.6 Å². The van der Waals surface area contributed by atoms with E-state index >= 15 is 0 Å². The minimum Gasteiger partial charge on any atom is -0.357 e. The highest BCUT2D eigenvalue weighted by Gasteiger charge is 2.21. The zero-order valence-electron chi connectivity index (χ0n) is 15.2. The number of hydrogen-bond donors (Lipinski definition) is 1. The summed E-state index contributed by atoms with van der Waals surface area (Å²) in [6.45, 7) is 6.12. The highest BCUT2D eigenvalue weighted by atomic mass is 32.1. The van der Waals surface area contributed by atoms with Crippen LogP contribution in [0.5, 0.6) is 0 Å². The first-order valence-corrected chi connectivity index (χ1v) is 10.0. The van der Waals surface area contributed by atoms with E-state index in [1.54, 1.807) is 11.3 Å².